The molecule has 0 fully saturated rings. The van der Waals surface area contributed by atoms with E-state index in [4.69, 9.17) is 0 Å². The highest BCUT2D eigenvalue weighted by molar-refractivity contribution is 5.69. The largest absolute Gasteiger partial charge is 0.373 e. The van der Waals surface area contributed by atoms with Crippen molar-refractivity contribution in [1.29, 1.82) is 0 Å². The molecular formula is C2H2N2O6. The van der Waals surface area contributed by atoms with Crippen LogP contribution < -0.4 is 0 Å². The molecule has 0 spiro atoms. The topological polar surface area (TPSA) is 113 Å². The highest BCUT2D eigenvalue weighted by Gasteiger charge is 2.13. The zero-order valence-electron chi connectivity index (χ0n) is 4.55. The Morgan fingerprint density at radius 2 is 1.90 bits per heavy atom. The molecule has 0 aromatic heterocycles. The minimum Gasteiger partial charge on any atom is -0.264 e. The lowest BCUT2D eigenvalue weighted by atomic mass is 10.7. The Morgan fingerprint density at radius 1 is 1.40 bits per heavy atom. The molecule has 0 atom stereocenters. The first-order chi connectivity index (χ1) is 4.52. The molecule has 0 heterocycles. The van der Waals surface area contributed by atoms with Gasteiger partial charge in [0.15, 0.2) is 0 Å². The Morgan fingerprint density at radius 3 is 2.20 bits per heavy atom. The molecule has 0 bridgehead atoms. The van der Waals surface area contributed by atoms with Crippen molar-refractivity contribution in [2.75, 3.05) is 6.54 Å². The molecule has 10 heavy (non-hydrogen) atoms. The van der Waals surface area contributed by atoms with Gasteiger partial charge in [-0.1, -0.05) is 0 Å². The van der Waals surface area contributed by atoms with Gasteiger partial charge in [-0.25, -0.2) is 4.84 Å². The standard InChI is InChI=1S/C2H2N2O6/c5-2(1-3(6)7)10-4(8)9/h1H2. The first kappa shape index (κ1) is 8.27. The van der Waals surface area contributed by atoms with Crippen LogP contribution in [0.1, 0.15) is 0 Å². The smallest absolute Gasteiger partial charge is 0.264 e. The summed E-state index contributed by atoms with van der Waals surface area (Å²) in [6.45, 7) is -1.19. The normalized spacial score (nSPS) is 8.40. The summed E-state index contributed by atoms with van der Waals surface area (Å²) < 4.78 is 0. The van der Waals surface area contributed by atoms with Crippen molar-refractivity contribution in [1.82, 2.24) is 0 Å². The predicted octanol–water partition coefficient (Wildman–Crippen LogP) is -1.00. The van der Waals surface area contributed by atoms with E-state index in [0.717, 1.165) is 0 Å². The van der Waals surface area contributed by atoms with Crippen LogP contribution in [0, 0.1) is 20.2 Å². The fourth-order valence-electron chi connectivity index (χ4n) is 0.217. The van der Waals surface area contributed by atoms with E-state index in [2.05, 4.69) is 4.84 Å². The Balaban J connectivity index is 3.65. The maximum Gasteiger partial charge on any atom is 0.373 e. The zero-order valence-corrected chi connectivity index (χ0v) is 4.55. The van der Waals surface area contributed by atoms with E-state index in [0.29, 0.717) is 0 Å². The quantitative estimate of drug-likeness (QED) is 0.376. The van der Waals surface area contributed by atoms with Crippen molar-refractivity contribution in [2.24, 2.45) is 0 Å². The summed E-state index contributed by atoms with van der Waals surface area (Å²) in [5.41, 5.74) is 0. The van der Waals surface area contributed by atoms with Gasteiger partial charge in [-0.15, -0.1) is 10.1 Å². The first-order valence-electron chi connectivity index (χ1n) is 1.99. The summed E-state index contributed by atoms with van der Waals surface area (Å²) in [6, 6.07) is 0. The molecule has 0 aliphatic carbocycles. The third-order valence-corrected chi connectivity index (χ3v) is 0.435. The Labute approximate surface area is 53.6 Å². The van der Waals surface area contributed by atoms with Crippen molar-refractivity contribution in [3.8, 4) is 0 Å². The van der Waals surface area contributed by atoms with Crippen LogP contribution in [0.3, 0.4) is 0 Å². The lowest BCUT2D eigenvalue weighted by molar-refractivity contribution is -0.732. The first-order valence-corrected chi connectivity index (χ1v) is 1.99. The molecule has 0 rings (SSSR count). The SMILES string of the molecule is O=C(C[N+](=O)[O-])O[N+](=O)[O-]. The zero-order chi connectivity index (χ0) is 8.15. The molecule has 0 aliphatic rings. The number of hydrogen-bond donors (Lipinski definition) is 0. The van der Waals surface area contributed by atoms with Crippen LogP contribution >= 0.6 is 0 Å². The van der Waals surface area contributed by atoms with Gasteiger partial charge in [-0.2, -0.15) is 0 Å². The van der Waals surface area contributed by atoms with Crippen molar-refractivity contribution < 1.29 is 19.6 Å². The lowest BCUT2D eigenvalue weighted by Crippen LogP contribution is -2.19. The van der Waals surface area contributed by atoms with Crippen molar-refractivity contribution in [2.45, 2.75) is 0 Å². The van der Waals surface area contributed by atoms with Crippen molar-refractivity contribution in [3.63, 3.8) is 0 Å². The fourth-order valence-corrected chi connectivity index (χ4v) is 0.217. The number of nitro groups is 1. The van der Waals surface area contributed by atoms with Crippen LogP contribution in [0.2, 0.25) is 0 Å². The fraction of sp³-hybridized carbons (Fsp3) is 0.500. The van der Waals surface area contributed by atoms with Crippen LogP contribution in [0.25, 0.3) is 0 Å². The summed E-state index contributed by atoms with van der Waals surface area (Å²) in [7, 11) is 0. The predicted molar refractivity (Wildman–Crippen MR) is 24.9 cm³/mol. The molecule has 8 nitrogen and oxygen atoms in total. The number of hydrogen-bond acceptors (Lipinski definition) is 6. The maximum absolute atomic E-state index is 9.96. The van der Waals surface area contributed by atoms with Crippen LogP contribution in [-0.4, -0.2) is 22.5 Å². The van der Waals surface area contributed by atoms with Gasteiger partial charge >= 0.3 is 11.1 Å². The van der Waals surface area contributed by atoms with Crippen LogP contribution in [-0.2, 0) is 9.63 Å². The number of rotatable bonds is 3. The molecule has 0 N–H and O–H groups in total. The molecule has 0 aromatic carbocycles. The second-order valence-electron chi connectivity index (χ2n) is 1.18. The Bertz CT molecular complexity index is 157. The maximum atomic E-state index is 9.96. The van der Waals surface area contributed by atoms with Gasteiger partial charge < -0.3 is 0 Å². The van der Waals surface area contributed by atoms with Gasteiger partial charge in [0.05, 0.1) is 0 Å². The van der Waals surface area contributed by atoms with E-state index in [-0.39, 0.29) is 0 Å². The molecule has 0 saturated carbocycles. The van der Waals surface area contributed by atoms with E-state index < -0.39 is 22.5 Å². The average molecular weight is 150 g/mol. The van der Waals surface area contributed by atoms with Crippen LogP contribution in [0.15, 0.2) is 0 Å². The lowest BCUT2D eigenvalue weighted by Gasteiger charge is -1.89. The second-order valence-corrected chi connectivity index (χ2v) is 1.18. The van der Waals surface area contributed by atoms with Crippen molar-refractivity contribution >= 4 is 5.97 Å². The molecular weight excluding hydrogens is 148 g/mol. The van der Waals surface area contributed by atoms with E-state index in [1.807, 2.05) is 0 Å². The molecule has 8 heteroatoms. The van der Waals surface area contributed by atoms with E-state index in [1.165, 1.54) is 0 Å². The van der Waals surface area contributed by atoms with E-state index in [9.17, 15) is 25.0 Å². The molecule has 0 aromatic rings. The van der Waals surface area contributed by atoms with Gasteiger partial charge in [0, 0.05) is 4.92 Å². The van der Waals surface area contributed by atoms with Crippen LogP contribution in [0.4, 0.5) is 0 Å². The summed E-state index contributed by atoms with van der Waals surface area (Å²) >= 11 is 0. The Hall–Kier alpha value is -1.73. The van der Waals surface area contributed by atoms with Gasteiger partial charge in [-0.3, -0.25) is 14.9 Å². The van der Waals surface area contributed by atoms with Gasteiger partial charge in [0.1, 0.15) is 0 Å². The van der Waals surface area contributed by atoms with Gasteiger partial charge in [-0.05, 0) is 0 Å². The monoisotopic (exact) mass is 150 g/mol. The number of carbonyl (C=O) groups excluding carboxylic acids is 1. The average Bonchev–Trinajstić information content (AvgIpc) is 1.58. The number of carbonyl (C=O) groups is 1. The molecule has 0 unspecified atom stereocenters. The molecule has 0 saturated heterocycles. The third kappa shape index (κ3) is 4.43. The van der Waals surface area contributed by atoms with Crippen molar-refractivity contribution in [3.05, 3.63) is 20.2 Å². The Kier molecular flexibility index (Phi) is 2.75. The highest BCUT2D eigenvalue weighted by atomic mass is 17.0. The minimum atomic E-state index is -1.49. The van der Waals surface area contributed by atoms with Crippen LogP contribution in [0.5, 0.6) is 0 Å². The molecule has 0 aliphatic heterocycles. The molecule has 56 valence electrons. The van der Waals surface area contributed by atoms with E-state index >= 15 is 0 Å². The minimum absolute atomic E-state index is 1.02. The van der Waals surface area contributed by atoms with Gasteiger partial charge in [0.2, 0.25) is 0 Å². The number of nitrogens with zero attached hydrogens (tertiary/aromatic N) is 2. The summed E-state index contributed by atoms with van der Waals surface area (Å²) in [5, 5.41) is 17.4. The molecule has 0 radical (unpaired) electrons. The molecule has 0 amide bonds. The third-order valence-electron chi connectivity index (χ3n) is 0.435. The summed E-state index contributed by atoms with van der Waals surface area (Å²) in [5.74, 6) is -1.49. The van der Waals surface area contributed by atoms with Gasteiger partial charge in [0.25, 0.3) is 6.54 Å². The summed E-state index contributed by atoms with van der Waals surface area (Å²) in [4.78, 5) is 30.9. The second kappa shape index (κ2) is 3.33. The summed E-state index contributed by atoms with van der Waals surface area (Å²) in [6.07, 6.45) is 0. The van der Waals surface area contributed by atoms with E-state index in [1.54, 1.807) is 0 Å². The highest BCUT2D eigenvalue weighted by Crippen LogP contribution is 1.78.